The maximum Gasteiger partial charge on any atom is 0.573 e. The molecule has 4 N–H and O–H groups in total. The van der Waals surface area contributed by atoms with Gasteiger partial charge in [-0.2, -0.15) is 0 Å². The highest BCUT2D eigenvalue weighted by Gasteiger charge is 2.30. The third-order valence-electron chi connectivity index (χ3n) is 3.45. The number of hydrogen-bond acceptors (Lipinski definition) is 4. The number of nitrogens with one attached hydrogen (secondary N) is 2. The van der Waals surface area contributed by atoms with E-state index in [9.17, 15) is 18.0 Å². The maximum atomic E-state index is 12.1. The molecule has 0 spiro atoms. The molecular formula is C18H19F3N4O3. The Morgan fingerprint density at radius 1 is 1.07 bits per heavy atom. The molecule has 150 valence electrons. The van der Waals surface area contributed by atoms with Crippen LogP contribution in [0.1, 0.15) is 11.1 Å². The lowest BCUT2D eigenvalue weighted by Crippen LogP contribution is -2.31. The van der Waals surface area contributed by atoms with Gasteiger partial charge in [-0.3, -0.25) is 5.32 Å². The summed E-state index contributed by atoms with van der Waals surface area (Å²) in [4.78, 5) is 15.2. The van der Waals surface area contributed by atoms with E-state index in [2.05, 4.69) is 25.1 Å². The van der Waals surface area contributed by atoms with Crippen molar-refractivity contribution in [2.24, 2.45) is 10.7 Å². The molecule has 0 unspecified atom stereocenters. The maximum absolute atomic E-state index is 12.1. The Labute approximate surface area is 159 Å². The van der Waals surface area contributed by atoms with E-state index in [1.165, 1.54) is 31.4 Å². The van der Waals surface area contributed by atoms with Crippen LogP contribution < -0.4 is 21.1 Å². The highest BCUT2D eigenvalue weighted by atomic mass is 19.4. The Hall–Kier alpha value is -3.43. The number of hydrogen-bond donors (Lipinski definition) is 3. The number of guanidine groups is 1. The van der Waals surface area contributed by atoms with Gasteiger partial charge in [0.25, 0.3) is 0 Å². The summed E-state index contributed by atoms with van der Waals surface area (Å²) in [6.07, 6.45) is -5.28. The predicted molar refractivity (Wildman–Crippen MR) is 97.8 cm³/mol. The number of nitrogens with two attached hydrogens (primary N) is 1. The van der Waals surface area contributed by atoms with Gasteiger partial charge >= 0.3 is 12.5 Å². The summed E-state index contributed by atoms with van der Waals surface area (Å²) >= 11 is 0. The van der Waals surface area contributed by atoms with Crippen molar-refractivity contribution >= 4 is 17.7 Å². The number of aliphatic imine (C=N–C) groups is 1. The third kappa shape index (κ3) is 7.44. The fourth-order valence-electron chi connectivity index (χ4n) is 2.10. The number of amides is 1. The molecule has 0 fully saturated rings. The van der Waals surface area contributed by atoms with E-state index < -0.39 is 12.5 Å². The molecule has 0 bridgehead atoms. The van der Waals surface area contributed by atoms with Crippen LogP contribution in [0.4, 0.5) is 23.7 Å². The average Bonchev–Trinajstić information content (AvgIpc) is 2.65. The summed E-state index contributed by atoms with van der Waals surface area (Å²) in [5.74, 6) is -0.108. The second kappa shape index (κ2) is 9.49. The van der Waals surface area contributed by atoms with E-state index in [0.717, 1.165) is 5.56 Å². The van der Waals surface area contributed by atoms with E-state index in [0.29, 0.717) is 17.8 Å². The summed E-state index contributed by atoms with van der Waals surface area (Å²) in [7, 11) is 1.28. The highest BCUT2D eigenvalue weighted by Crippen LogP contribution is 2.22. The van der Waals surface area contributed by atoms with Crippen LogP contribution in [0.5, 0.6) is 5.75 Å². The lowest BCUT2D eigenvalue weighted by atomic mass is 10.2. The fraction of sp³-hybridized carbons (Fsp3) is 0.222. The average molecular weight is 396 g/mol. The van der Waals surface area contributed by atoms with Crippen LogP contribution in [0.3, 0.4) is 0 Å². The molecule has 28 heavy (non-hydrogen) atoms. The van der Waals surface area contributed by atoms with Gasteiger partial charge in [0.05, 0.1) is 13.7 Å². The standard InChI is InChI=1S/C18H19F3N4O3/c1-27-17(26)25-14-6-2-12(3-7-14)10-23-16(22)24-11-13-4-8-15(9-5-13)28-18(19,20)21/h2-9H,10-11H2,1H3,(H,25,26)(H3,22,23,24). The molecular weight excluding hydrogens is 377 g/mol. The van der Waals surface area contributed by atoms with Crippen molar-refractivity contribution in [1.29, 1.82) is 0 Å². The second-order valence-electron chi connectivity index (χ2n) is 5.56. The molecule has 7 nitrogen and oxygen atoms in total. The number of anilines is 1. The first-order chi connectivity index (χ1) is 13.2. The monoisotopic (exact) mass is 396 g/mol. The first-order valence-electron chi connectivity index (χ1n) is 8.07. The Balaban J connectivity index is 1.81. The second-order valence-corrected chi connectivity index (χ2v) is 5.56. The highest BCUT2D eigenvalue weighted by molar-refractivity contribution is 5.84. The molecule has 2 rings (SSSR count). The van der Waals surface area contributed by atoms with Crippen LogP contribution in [0.25, 0.3) is 0 Å². The number of nitrogens with zero attached hydrogens (tertiary/aromatic N) is 1. The van der Waals surface area contributed by atoms with Gasteiger partial charge in [0.2, 0.25) is 0 Å². The van der Waals surface area contributed by atoms with E-state index in [-0.39, 0.29) is 18.3 Å². The number of rotatable bonds is 6. The Kier molecular flexibility index (Phi) is 7.08. The lowest BCUT2D eigenvalue weighted by molar-refractivity contribution is -0.274. The Morgan fingerprint density at radius 2 is 1.68 bits per heavy atom. The van der Waals surface area contributed by atoms with Crippen molar-refractivity contribution in [2.75, 3.05) is 12.4 Å². The van der Waals surface area contributed by atoms with Gasteiger partial charge in [0, 0.05) is 12.2 Å². The Morgan fingerprint density at radius 3 is 2.25 bits per heavy atom. The molecule has 0 saturated carbocycles. The van der Waals surface area contributed by atoms with Crippen LogP contribution in [0, 0.1) is 0 Å². The first-order valence-corrected chi connectivity index (χ1v) is 8.07. The molecule has 10 heteroatoms. The first kappa shape index (κ1) is 20.9. The number of halogens is 3. The van der Waals surface area contributed by atoms with E-state index in [1.54, 1.807) is 24.3 Å². The zero-order valence-electron chi connectivity index (χ0n) is 14.9. The largest absolute Gasteiger partial charge is 0.573 e. The molecule has 0 atom stereocenters. The van der Waals surface area contributed by atoms with Gasteiger partial charge in [-0.05, 0) is 35.4 Å². The molecule has 0 saturated heterocycles. The van der Waals surface area contributed by atoms with Gasteiger partial charge in [-0.1, -0.05) is 24.3 Å². The minimum atomic E-state index is -4.72. The van der Waals surface area contributed by atoms with Crippen molar-refractivity contribution in [1.82, 2.24) is 5.32 Å². The number of alkyl halides is 3. The van der Waals surface area contributed by atoms with Crippen LogP contribution in [-0.4, -0.2) is 25.5 Å². The summed E-state index contributed by atoms with van der Waals surface area (Å²) in [5, 5.41) is 5.46. The number of carbonyl (C=O) groups is 1. The molecule has 2 aromatic rings. The predicted octanol–water partition coefficient (Wildman–Crippen LogP) is 3.37. The SMILES string of the molecule is COC(=O)Nc1ccc(CNC(N)=NCc2ccc(OC(F)(F)F)cc2)cc1. The molecule has 0 aliphatic rings. The van der Waals surface area contributed by atoms with Crippen molar-refractivity contribution in [3.63, 3.8) is 0 Å². The summed E-state index contributed by atoms with van der Waals surface area (Å²) in [6.45, 7) is 0.610. The molecule has 0 heterocycles. The van der Waals surface area contributed by atoms with Crippen LogP contribution in [0.2, 0.25) is 0 Å². The van der Waals surface area contributed by atoms with Gasteiger partial charge in [0.15, 0.2) is 5.96 Å². The summed E-state index contributed by atoms with van der Waals surface area (Å²) in [5.41, 5.74) is 7.96. The third-order valence-corrected chi connectivity index (χ3v) is 3.45. The number of benzene rings is 2. The minimum Gasteiger partial charge on any atom is -0.453 e. The van der Waals surface area contributed by atoms with E-state index in [1.807, 2.05) is 0 Å². The van der Waals surface area contributed by atoms with Gasteiger partial charge in [-0.25, -0.2) is 9.79 Å². The van der Waals surface area contributed by atoms with Gasteiger partial charge < -0.3 is 20.5 Å². The van der Waals surface area contributed by atoms with Gasteiger partial charge in [0.1, 0.15) is 5.75 Å². The van der Waals surface area contributed by atoms with Crippen LogP contribution >= 0.6 is 0 Å². The summed E-state index contributed by atoms with van der Waals surface area (Å²) < 4.78 is 44.7. The van der Waals surface area contributed by atoms with Crippen LogP contribution in [-0.2, 0) is 17.8 Å². The molecule has 0 radical (unpaired) electrons. The quantitative estimate of drug-likeness (QED) is 0.514. The molecule has 0 aliphatic heterocycles. The van der Waals surface area contributed by atoms with Crippen molar-refractivity contribution in [3.05, 3.63) is 59.7 Å². The summed E-state index contributed by atoms with van der Waals surface area (Å²) in [6, 6.07) is 12.4. The van der Waals surface area contributed by atoms with E-state index >= 15 is 0 Å². The number of carbonyl (C=O) groups excluding carboxylic acids is 1. The lowest BCUT2D eigenvalue weighted by Gasteiger charge is -2.09. The smallest absolute Gasteiger partial charge is 0.453 e. The fourth-order valence-corrected chi connectivity index (χ4v) is 2.10. The van der Waals surface area contributed by atoms with Crippen LogP contribution in [0.15, 0.2) is 53.5 Å². The molecule has 1 amide bonds. The van der Waals surface area contributed by atoms with E-state index in [4.69, 9.17) is 5.73 Å². The molecule has 2 aromatic carbocycles. The minimum absolute atomic E-state index is 0.187. The molecule has 0 aliphatic carbocycles. The van der Waals surface area contributed by atoms with Crippen molar-refractivity contribution in [2.45, 2.75) is 19.5 Å². The normalized spacial score (nSPS) is 11.6. The van der Waals surface area contributed by atoms with Crippen molar-refractivity contribution in [3.8, 4) is 5.75 Å². The van der Waals surface area contributed by atoms with Crippen molar-refractivity contribution < 1.29 is 27.4 Å². The zero-order valence-corrected chi connectivity index (χ0v) is 14.9. The molecule has 0 aromatic heterocycles. The zero-order chi connectivity index (χ0) is 20.6. The number of methoxy groups -OCH3 is 1. The number of ether oxygens (including phenoxy) is 2. The topological polar surface area (TPSA) is 98.0 Å². The Bertz CT molecular complexity index is 806. The van der Waals surface area contributed by atoms with Gasteiger partial charge in [-0.15, -0.1) is 13.2 Å².